The van der Waals surface area contributed by atoms with E-state index >= 15 is 0 Å². The van der Waals surface area contributed by atoms with E-state index in [1.165, 1.54) is 6.26 Å². The number of ether oxygens (including phenoxy) is 2. The van der Waals surface area contributed by atoms with E-state index in [0.717, 1.165) is 31.6 Å². The number of hydrogen-bond acceptors (Lipinski definition) is 5. The molecule has 0 radical (unpaired) electrons. The standard InChI is InChI=1S/C19H22N2O4/c22-18(16-5-2-10-23-16)21-9-6-17-19(13-21,7-3-11-24-17)14-25-15-4-1-8-20-12-15/h1-2,4-5,8,10,12,17H,3,6-7,9,11,13-14H2/t17-,19+/m1/s1. The van der Waals surface area contributed by atoms with Crippen LogP contribution in [-0.2, 0) is 4.74 Å². The second kappa shape index (κ2) is 6.88. The fourth-order valence-electron chi connectivity index (χ4n) is 3.89. The number of carbonyl (C=O) groups excluding carboxylic acids is 1. The highest BCUT2D eigenvalue weighted by Crippen LogP contribution is 2.41. The number of furan rings is 1. The number of fused-ring (bicyclic) bond motifs is 1. The summed E-state index contributed by atoms with van der Waals surface area (Å²) in [6, 6.07) is 7.21. The van der Waals surface area contributed by atoms with Gasteiger partial charge < -0.3 is 18.8 Å². The van der Waals surface area contributed by atoms with Crippen LogP contribution in [0.2, 0.25) is 0 Å². The first-order chi connectivity index (χ1) is 12.3. The lowest BCUT2D eigenvalue weighted by Gasteiger charge is -2.49. The SMILES string of the molecule is O=C(c1ccco1)N1CC[C@H]2OCCC[C@@]2(COc2cccnc2)C1. The Kier molecular flexibility index (Phi) is 4.44. The van der Waals surface area contributed by atoms with E-state index in [1.807, 2.05) is 17.0 Å². The van der Waals surface area contributed by atoms with Crippen LogP contribution in [0.1, 0.15) is 29.8 Å². The van der Waals surface area contributed by atoms with Gasteiger partial charge >= 0.3 is 0 Å². The maximum Gasteiger partial charge on any atom is 0.289 e. The number of aromatic nitrogens is 1. The average molecular weight is 342 g/mol. The average Bonchev–Trinajstić information content (AvgIpc) is 3.21. The van der Waals surface area contributed by atoms with Gasteiger partial charge in [0.25, 0.3) is 5.91 Å². The fraction of sp³-hybridized carbons (Fsp3) is 0.474. The number of amides is 1. The molecule has 0 saturated carbocycles. The highest BCUT2D eigenvalue weighted by Gasteiger charge is 2.48. The Morgan fingerprint density at radius 3 is 3.16 bits per heavy atom. The van der Waals surface area contributed by atoms with Crippen LogP contribution in [-0.4, -0.2) is 48.2 Å². The third-order valence-electron chi connectivity index (χ3n) is 5.17. The summed E-state index contributed by atoms with van der Waals surface area (Å²) >= 11 is 0. The molecule has 2 aromatic rings. The van der Waals surface area contributed by atoms with Crippen LogP contribution in [0.25, 0.3) is 0 Å². The van der Waals surface area contributed by atoms with Gasteiger partial charge in [-0.05, 0) is 43.5 Å². The maximum atomic E-state index is 12.7. The fourth-order valence-corrected chi connectivity index (χ4v) is 3.89. The van der Waals surface area contributed by atoms with Crippen LogP contribution < -0.4 is 4.74 Å². The predicted molar refractivity (Wildman–Crippen MR) is 90.4 cm³/mol. The Bertz CT molecular complexity index is 703. The van der Waals surface area contributed by atoms with Crippen molar-refractivity contribution in [2.45, 2.75) is 25.4 Å². The van der Waals surface area contributed by atoms with Crippen molar-refractivity contribution in [2.24, 2.45) is 5.41 Å². The molecule has 2 saturated heterocycles. The zero-order chi connectivity index (χ0) is 17.1. The quantitative estimate of drug-likeness (QED) is 0.855. The highest BCUT2D eigenvalue weighted by atomic mass is 16.5. The Morgan fingerprint density at radius 1 is 1.40 bits per heavy atom. The molecule has 0 bridgehead atoms. The Balaban J connectivity index is 1.51. The molecular weight excluding hydrogens is 320 g/mol. The minimum Gasteiger partial charge on any atom is -0.491 e. The van der Waals surface area contributed by atoms with Gasteiger partial charge in [0.15, 0.2) is 5.76 Å². The third kappa shape index (κ3) is 3.26. The molecule has 0 aromatic carbocycles. The number of rotatable bonds is 4. The normalized spacial score (nSPS) is 26.1. The smallest absolute Gasteiger partial charge is 0.289 e. The summed E-state index contributed by atoms with van der Waals surface area (Å²) in [5.74, 6) is 1.07. The van der Waals surface area contributed by atoms with Gasteiger partial charge in [0.2, 0.25) is 0 Å². The van der Waals surface area contributed by atoms with Crippen LogP contribution in [0.15, 0.2) is 47.3 Å². The van der Waals surface area contributed by atoms with Crippen molar-refractivity contribution >= 4 is 5.91 Å². The molecule has 0 aliphatic carbocycles. The molecule has 132 valence electrons. The van der Waals surface area contributed by atoms with Crippen LogP contribution in [0.4, 0.5) is 0 Å². The minimum atomic E-state index is -0.186. The molecule has 0 unspecified atom stereocenters. The van der Waals surface area contributed by atoms with Crippen molar-refractivity contribution in [2.75, 3.05) is 26.3 Å². The second-order valence-electron chi connectivity index (χ2n) is 6.80. The zero-order valence-electron chi connectivity index (χ0n) is 14.1. The minimum absolute atomic E-state index is 0.0604. The van der Waals surface area contributed by atoms with Crippen LogP contribution >= 0.6 is 0 Å². The summed E-state index contributed by atoms with van der Waals surface area (Å²) in [6.45, 7) is 2.60. The molecule has 4 heterocycles. The summed E-state index contributed by atoms with van der Waals surface area (Å²) in [7, 11) is 0. The summed E-state index contributed by atoms with van der Waals surface area (Å²) in [5.41, 5.74) is -0.186. The lowest BCUT2D eigenvalue weighted by atomic mass is 9.73. The van der Waals surface area contributed by atoms with E-state index in [2.05, 4.69) is 4.98 Å². The van der Waals surface area contributed by atoms with Gasteiger partial charge in [0.1, 0.15) is 5.75 Å². The van der Waals surface area contributed by atoms with Crippen LogP contribution in [0.3, 0.4) is 0 Å². The van der Waals surface area contributed by atoms with E-state index in [9.17, 15) is 4.79 Å². The second-order valence-corrected chi connectivity index (χ2v) is 6.80. The molecule has 1 amide bonds. The molecular formula is C19H22N2O4. The monoisotopic (exact) mass is 342 g/mol. The van der Waals surface area contributed by atoms with E-state index in [-0.39, 0.29) is 17.4 Å². The number of piperidine rings is 1. The van der Waals surface area contributed by atoms with E-state index in [0.29, 0.717) is 25.5 Å². The van der Waals surface area contributed by atoms with Gasteiger partial charge in [-0.2, -0.15) is 0 Å². The molecule has 0 spiro atoms. The molecule has 0 N–H and O–H groups in total. The van der Waals surface area contributed by atoms with E-state index in [4.69, 9.17) is 13.9 Å². The number of carbonyl (C=O) groups is 1. The largest absolute Gasteiger partial charge is 0.491 e. The van der Waals surface area contributed by atoms with Gasteiger partial charge in [0.05, 0.1) is 25.2 Å². The first kappa shape index (κ1) is 16.1. The van der Waals surface area contributed by atoms with Crippen molar-refractivity contribution in [3.05, 3.63) is 48.7 Å². The lowest BCUT2D eigenvalue weighted by Crippen LogP contribution is -2.58. The summed E-state index contributed by atoms with van der Waals surface area (Å²) < 4.78 is 17.3. The van der Waals surface area contributed by atoms with Crippen molar-refractivity contribution in [1.29, 1.82) is 0 Å². The molecule has 4 rings (SSSR count). The number of nitrogens with zero attached hydrogens (tertiary/aromatic N) is 2. The Labute approximate surface area is 146 Å². The molecule has 2 atom stereocenters. The molecule has 2 aliphatic rings. The first-order valence-electron chi connectivity index (χ1n) is 8.74. The molecule has 2 aromatic heterocycles. The molecule has 2 aliphatic heterocycles. The van der Waals surface area contributed by atoms with Gasteiger partial charge in [-0.15, -0.1) is 0 Å². The van der Waals surface area contributed by atoms with Crippen LogP contribution in [0, 0.1) is 5.41 Å². The molecule has 6 nitrogen and oxygen atoms in total. The number of likely N-dealkylation sites (tertiary alicyclic amines) is 1. The molecule has 25 heavy (non-hydrogen) atoms. The Hall–Kier alpha value is -2.34. The van der Waals surface area contributed by atoms with Crippen molar-refractivity contribution < 1.29 is 18.7 Å². The maximum absolute atomic E-state index is 12.7. The first-order valence-corrected chi connectivity index (χ1v) is 8.74. The van der Waals surface area contributed by atoms with Gasteiger partial charge in [0, 0.05) is 31.3 Å². The lowest BCUT2D eigenvalue weighted by molar-refractivity contribution is -0.133. The summed E-state index contributed by atoms with van der Waals surface area (Å²) in [5, 5.41) is 0. The van der Waals surface area contributed by atoms with Crippen molar-refractivity contribution in [3.63, 3.8) is 0 Å². The zero-order valence-corrected chi connectivity index (χ0v) is 14.1. The number of hydrogen-bond donors (Lipinski definition) is 0. The Morgan fingerprint density at radius 2 is 2.36 bits per heavy atom. The number of pyridine rings is 1. The van der Waals surface area contributed by atoms with Gasteiger partial charge in [-0.3, -0.25) is 9.78 Å². The van der Waals surface area contributed by atoms with E-state index < -0.39 is 0 Å². The van der Waals surface area contributed by atoms with Gasteiger partial charge in [-0.1, -0.05) is 0 Å². The third-order valence-corrected chi connectivity index (χ3v) is 5.17. The van der Waals surface area contributed by atoms with Crippen LogP contribution in [0.5, 0.6) is 5.75 Å². The summed E-state index contributed by atoms with van der Waals surface area (Å²) in [6.07, 6.45) is 7.88. The highest BCUT2D eigenvalue weighted by molar-refractivity contribution is 5.91. The van der Waals surface area contributed by atoms with Crippen molar-refractivity contribution in [3.8, 4) is 5.75 Å². The predicted octanol–water partition coefficient (Wildman–Crippen LogP) is 2.76. The van der Waals surface area contributed by atoms with E-state index in [1.54, 1.807) is 24.5 Å². The van der Waals surface area contributed by atoms with Crippen molar-refractivity contribution in [1.82, 2.24) is 9.88 Å². The molecule has 6 heteroatoms. The topological polar surface area (TPSA) is 64.8 Å². The van der Waals surface area contributed by atoms with Gasteiger partial charge in [-0.25, -0.2) is 0 Å². The summed E-state index contributed by atoms with van der Waals surface area (Å²) in [4.78, 5) is 18.7. The molecule has 2 fully saturated rings.